The maximum atomic E-state index is 12.2. The minimum atomic E-state index is -0.332. The Balaban J connectivity index is 0.000000174. The molecule has 0 spiro atoms. The van der Waals surface area contributed by atoms with E-state index in [4.69, 9.17) is 27.9 Å². The molecule has 0 radical (unpaired) electrons. The second-order valence-electron chi connectivity index (χ2n) is 7.71. The highest BCUT2D eigenvalue weighted by Gasteiger charge is 2.27. The van der Waals surface area contributed by atoms with E-state index in [2.05, 4.69) is 15.6 Å². The van der Waals surface area contributed by atoms with Crippen LogP contribution in [0, 0.1) is 0 Å². The molecule has 33 heavy (non-hydrogen) atoms. The smallest absolute Gasteiger partial charge is 0.339 e. The molecule has 3 aliphatic rings. The summed E-state index contributed by atoms with van der Waals surface area (Å²) in [5.74, 6) is -0.470. The van der Waals surface area contributed by atoms with Crippen LogP contribution in [-0.2, 0) is 27.2 Å². The van der Waals surface area contributed by atoms with Crippen molar-refractivity contribution >= 4 is 64.0 Å². The number of fused-ring (bicyclic) bond motifs is 3. The van der Waals surface area contributed by atoms with Crippen molar-refractivity contribution in [3.05, 3.63) is 80.6 Å². The number of H-pyrrole nitrogens is 1. The molecule has 3 aromatic rings. The lowest BCUT2D eigenvalue weighted by atomic mass is 10.0. The molecule has 3 aliphatic heterocycles. The van der Waals surface area contributed by atoms with Crippen LogP contribution in [0.3, 0.4) is 0 Å². The second-order valence-corrected chi connectivity index (χ2v) is 8.58. The van der Waals surface area contributed by atoms with E-state index >= 15 is 0 Å². The summed E-state index contributed by atoms with van der Waals surface area (Å²) in [5.41, 5.74) is 6.07. The van der Waals surface area contributed by atoms with Crippen molar-refractivity contribution in [3.8, 4) is 0 Å². The highest BCUT2D eigenvalue weighted by molar-refractivity contribution is 6.36. The molecule has 0 fully saturated rings. The zero-order valence-electron chi connectivity index (χ0n) is 17.1. The largest absolute Gasteiger partial charge is 0.462 e. The Morgan fingerprint density at radius 1 is 0.909 bits per heavy atom. The molecule has 4 heterocycles. The van der Waals surface area contributed by atoms with Crippen LogP contribution in [-0.4, -0.2) is 29.4 Å². The molecule has 3 N–H and O–H groups in total. The standard InChI is InChI=1S/C16H11ClN2O3.C8H6ClNO/c17-8-1-2-13-10(5-8)11(15(20)19-13)6-14-9-3-4-22-16(21)12(9)7-18-14;9-6-1-2-7-5(3-6)4-8(11)10-7/h1-2,5-7,18H,3-4H2,(H,19,20);1-3H,4H2,(H,10,11). The number of esters is 1. The van der Waals surface area contributed by atoms with Crippen LogP contribution in [0.1, 0.15) is 32.7 Å². The van der Waals surface area contributed by atoms with E-state index in [0.29, 0.717) is 40.6 Å². The first-order chi connectivity index (χ1) is 15.9. The molecule has 0 aliphatic carbocycles. The number of rotatable bonds is 1. The van der Waals surface area contributed by atoms with Crippen LogP contribution < -0.4 is 10.6 Å². The molecule has 1 aromatic heterocycles. The van der Waals surface area contributed by atoms with Gasteiger partial charge >= 0.3 is 5.97 Å². The number of hydrogen-bond donors (Lipinski definition) is 3. The van der Waals surface area contributed by atoms with Gasteiger partial charge in [-0.25, -0.2) is 4.79 Å². The van der Waals surface area contributed by atoms with Crippen molar-refractivity contribution in [2.45, 2.75) is 12.8 Å². The molecule has 7 nitrogen and oxygen atoms in total. The topological polar surface area (TPSA) is 100 Å². The molecule has 0 saturated heterocycles. The van der Waals surface area contributed by atoms with E-state index in [0.717, 1.165) is 33.8 Å². The van der Waals surface area contributed by atoms with Gasteiger partial charge in [-0.1, -0.05) is 23.2 Å². The van der Waals surface area contributed by atoms with Crippen molar-refractivity contribution in [1.29, 1.82) is 0 Å². The zero-order valence-corrected chi connectivity index (χ0v) is 18.6. The maximum absolute atomic E-state index is 12.2. The van der Waals surface area contributed by atoms with Gasteiger partial charge in [0, 0.05) is 45.3 Å². The summed E-state index contributed by atoms with van der Waals surface area (Å²) < 4.78 is 5.00. The molecule has 0 bridgehead atoms. The Kier molecular flexibility index (Phi) is 5.44. The molecule has 6 rings (SSSR count). The number of anilines is 2. The zero-order chi connectivity index (χ0) is 23.1. The third-order valence-corrected chi connectivity index (χ3v) is 6.04. The number of aromatic amines is 1. The first-order valence-electron chi connectivity index (χ1n) is 10.2. The molecular formula is C24H17Cl2N3O4. The van der Waals surface area contributed by atoms with Gasteiger partial charge in [-0.15, -0.1) is 0 Å². The first kappa shape index (κ1) is 21.3. The molecule has 166 valence electrons. The lowest BCUT2D eigenvalue weighted by Crippen LogP contribution is -2.16. The van der Waals surface area contributed by atoms with Crippen molar-refractivity contribution in [2.24, 2.45) is 0 Å². The number of aromatic nitrogens is 1. The summed E-state index contributed by atoms with van der Waals surface area (Å²) in [6.45, 7) is 0.356. The molecule has 9 heteroatoms. The Labute approximate surface area is 198 Å². The van der Waals surface area contributed by atoms with Gasteiger partial charge in [0.2, 0.25) is 5.91 Å². The number of amides is 2. The number of ether oxygens (including phenoxy) is 1. The number of nitrogens with one attached hydrogen (secondary N) is 3. The van der Waals surface area contributed by atoms with Crippen molar-refractivity contribution < 1.29 is 19.1 Å². The van der Waals surface area contributed by atoms with Gasteiger partial charge in [0.25, 0.3) is 5.91 Å². The highest BCUT2D eigenvalue weighted by Crippen LogP contribution is 2.35. The number of benzene rings is 2. The molecule has 2 aromatic carbocycles. The summed E-state index contributed by atoms with van der Waals surface area (Å²) >= 11 is 11.7. The van der Waals surface area contributed by atoms with Crippen LogP contribution in [0.2, 0.25) is 10.0 Å². The third-order valence-electron chi connectivity index (χ3n) is 5.57. The highest BCUT2D eigenvalue weighted by atomic mass is 35.5. The molecular weight excluding hydrogens is 465 g/mol. The minimum absolute atomic E-state index is 0.0438. The monoisotopic (exact) mass is 481 g/mol. The molecule has 2 amide bonds. The van der Waals surface area contributed by atoms with Crippen LogP contribution in [0.5, 0.6) is 0 Å². The van der Waals surface area contributed by atoms with Gasteiger partial charge in [0.05, 0.1) is 24.2 Å². The summed E-state index contributed by atoms with van der Waals surface area (Å²) in [5, 5.41) is 6.78. The Morgan fingerprint density at radius 2 is 1.67 bits per heavy atom. The van der Waals surface area contributed by atoms with E-state index in [9.17, 15) is 14.4 Å². The quantitative estimate of drug-likeness (QED) is 0.346. The van der Waals surface area contributed by atoms with Gasteiger partial charge in [-0.3, -0.25) is 9.59 Å². The molecule has 0 saturated carbocycles. The lowest BCUT2D eigenvalue weighted by molar-refractivity contribution is -0.115. The minimum Gasteiger partial charge on any atom is -0.462 e. The summed E-state index contributed by atoms with van der Waals surface area (Å²) in [7, 11) is 0. The number of carbonyl (C=O) groups excluding carboxylic acids is 3. The number of carbonyl (C=O) groups is 3. The van der Waals surface area contributed by atoms with Gasteiger partial charge < -0.3 is 20.4 Å². The van der Waals surface area contributed by atoms with Crippen molar-refractivity contribution in [2.75, 3.05) is 17.2 Å². The Bertz CT molecular complexity index is 1360. The predicted octanol–water partition coefficient (Wildman–Crippen LogP) is 4.71. The summed E-state index contributed by atoms with van der Waals surface area (Å²) in [6, 6.07) is 10.7. The van der Waals surface area contributed by atoms with Gasteiger partial charge in [0.1, 0.15) is 0 Å². The summed E-state index contributed by atoms with van der Waals surface area (Å²) in [4.78, 5) is 37.8. The Morgan fingerprint density at radius 3 is 2.48 bits per heavy atom. The van der Waals surface area contributed by atoms with Gasteiger partial charge in [-0.05, 0) is 53.6 Å². The lowest BCUT2D eigenvalue weighted by Gasteiger charge is -2.12. The van der Waals surface area contributed by atoms with E-state index in [-0.39, 0.29) is 17.8 Å². The molecule has 0 unspecified atom stereocenters. The van der Waals surface area contributed by atoms with Crippen molar-refractivity contribution in [1.82, 2.24) is 4.98 Å². The van der Waals surface area contributed by atoms with E-state index in [1.54, 1.807) is 36.5 Å². The summed E-state index contributed by atoms with van der Waals surface area (Å²) in [6.07, 6.45) is 4.47. The van der Waals surface area contributed by atoms with Crippen molar-refractivity contribution in [3.63, 3.8) is 0 Å². The van der Waals surface area contributed by atoms with E-state index in [1.165, 1.54) is 0 Å². The average Bonchev–Trinajstić information content (AvgIpc) is 3.44. The fourth-order valence-electron chi connectivity index (χ4n) is 4.02. The fourth-order valence-corrected chi connectivity index (χ4v) is 4.39. The van der Waals surface area contributed by atoms with Gasteiger partial charge in [-0.2, -0.15) is 0 Å². The van der Waals surface area contributed by atoms with E-state index < -0.39 is 0 Å². The SMILES string of the molecule is O=C1Cc2cc(Cl)ccc2N1.O=C1Nc2ccc(Cl)cc2C1=Cc1[nH]cc2c1CCOC2=O. The molecule has 0 atom stereocenters. The van der Waals surface area contributed by atoms with E-state index in [1.807, 2.05) is 12.1 Å². The first-order valence-corrected chi connectivity index (χ1v) is 10.9. The second kappa shape index (κ2) is 8.42. The van der Waals surface area contributed by atoms with Crippen LogP contribution in [0.25, 0.3) is 11.6 Å². The fraction of sp³-hybridized carbons (Fsp3) is 0.125. The number of hydrogen-bond acceptors (Lipinski definition) is 4. The van der Waals surface area contributed by atoms with Crippen LogP contribution in [0.15, 0.2) is 42.6 Å². The third kappa shape index (κ3) is 4.13. The number of cyclic esters (lactones) is 1. The maximum Gasteiger partial charge on any atom is 0.339 e. The Hall–Kier alpha value is -3.55. The predicted molar refractivity (Wildman–Crippen MR) is 127 cm³/mol. The van der Waals surface area contributed by atoms with Crippen LogP contribution in [0.4, 0.5) is 11.4 Å². The van der Waals surface area contributed by atoms with Gasteiger partial charge in [0.15, 0.2) is 0 Å². The average molecular weight is 482 g/mol. The number of halogens is 2. The van der Waals surface area contributed by atoms with Crippen LogP contribution >= 0.6 is 23.2 Å². The normalized spacial score (nSPS) is 16.8.